The highest BCUT2D eigenvalue weighted by atomic mass is 19.1. The number of rotatable bonds is 7. The summed E-state index contributed by atoms with van der Waals surface area (Å²) < 4.78 is 13.0. The maximum absolute atomic E-state index is 13.0. The lowest BCUT2D eigenvalue weighted by atomic mass is 10.1. The van der Waals surface area contributed by atoms with Gasteiger partial charge in [0.1, 0.15) is 12.1 Å². The molecule has 154 valence electrons. The number of halogens is 1. The average Bonchev–Trinajstić information content (AvgIpc) is 3.24. The van der Waals surface area contributed by atoms with Crippen LogP contribution in [0.15, 0.2) is 67.3 Å². The van der Waals surface area contributed by atoms with Crippen LogP contribution in [-0.2, 0) is 17.8 Å². The van der Waals surface area contributed by atoms with Gasteiger partial charge in [0.15, 0.2) is 0 Å². The number of carbonyl (C=O) groups excluding carboxylic acids is 1. The zero-order valence-electron chi connectivity index (χ0n) is 16.8. The Balaban J connectivity index is 1.30. The number of carbonyl (C=O) groups is 1. The number of nitrogens with zero attached hydrogens (tertiary/aromatic N) is 3. The van der Waals surface area contributed by atoms with Crippen LogP contribution < -0.4 is 5.32 Å². The molecule has 3 aromatic rings. The Morgan fingerprint density at radius 3 is 2.43 bits per heavy atom. The number of nitrogens with one attached hydrogen (secondary N) is 1. The summed E-state index contributed by atoms with van der Waals surface area (Å²) in [4.78, 5) is 23.1. The minimum absolute atomic E-state index is 0.0765. The van der Waals surface area contributed by atoms with Crippen molar-refractivity contribution in [3.05, 3.63) is 84.2 Å². The molecule has 1 aliphatic heterocycles. The van der Waals surface area contributed by atoms with Gasteiger partial charge in [0.2, 0.25) is 5.91 Å². The fourth-order valence-corrected chi connectivity index (χ4v) is 3.90. The van der Waals surface area contributed by atoms with Crippen molar-refractivity contribution in [2.45, 2.75) is 31.8 Å². The number of hydrogen-bond acceptors (Lipinski definition) is 4. The highest BCUT2D eigenvalue weighted by Gasteiger charge is 2.30. The van der Waals surface area contributed by atoms with E-state index in [0.29, 0.717) is 13.0 Å². The molecule has 2 heterocycles. The number of likely N-dealkylation sites (tertiary alicyclic amines) is 1. The Hall–Kier alpha value is -3.12. The van der Waals surface area contributed by atoms with Crippen molar-refractivity contribution in [2.24, 2.45) is 0 Å². The molecule has 0 aliphatic carbocycles. The normalized spacial score (nSPS) is 16.5. The SMILES string of the molecule is O=C(NCCc1ccc(F)cc1)C1CCCN1Cc1ccc(-c2cncnc2)cc1. The molecule has 1 unspecified atom stereocenters. The van der Waals surface area contributed by atoms with Crippen LogP contribution in [0.4, 0.5) is 4.39 Å². The van der Waals surface area contributed by atoms with E-state index >= 15 is 0 Å². The predicted molar refractivity (Wildman–Crippen MR) is 114 cm³/mol. The van der Waals surface area contributed by atoms with Crippen LogP contribution in [0.25, 0.3) is 11.1 Å². The van der Waals surface area contributed by atoms with Crippen LogP contribution in [0.1, 0.15) is 24.0 Å². The molecular formula is C24H25FN4O. The topological polar surface area (TPSA) is 58.1 Å². The van der Waals surface area contributed by atoms with Gasteiger partial charge in [-0.1, -0.05) is 36.4 Å². The van der Waals surface area contributed by atoms with Crippen LogP contribution >= 0.6 is 0 Å². The maximum atomic E-state index is 13.0. The minimum atomic E-state index is -0.241. The van der Waals surface area contributed by atoms with Crippen molar-refractivity contribution in [1.82, 2.24) is 20.2 Å². The summed E-state index contributed by atoms with van der Waals surface area (Å²) >= 11 is 0. The van der Waals surface area contributed by atoms with Gasteiger partial charge in [0, 0.05) is 31.0 Å². The van der Waals surface area contributed by atoms with Gasteiger partial charge in [-0.05, 0) is 54.6 Å². The summed E-state index contributed by atoms with van der Waals surface area (Å²) in [5.74, 6) is -0.165. The first-order valence-corrected chi connectivity index (χ1v) is 10.3. The quantitative estimate of drug-likeness (QED) is 0.654. The first kappa shape index (κ1) is 20.2. The maximum Gasteiger partial charge on any atom is 0.237 e. The molecule has 0 saturated carbocycles. The molecule has 0 bridgehead atoms. The molecule has 4 rings (SSSR count). The Kier molecular flexibility index (Phi) is 6.44. The molecule has 2 aromatic carbocycles. The van der Waals surface area contributed by atoms with Crippen LogP contribution in [0.5, 0.6) is 0 Å². The van der Waals surface area contributed by atoms with Crippen molar-refractivity contribution in [3.8, 4) is 11.1 Å². The third kappa shape index (κ3) is 5.07. The molecule has 1 N–H and O–H groups in total. The number of benzene rings is 2. The molecule has 6 heteroatoms. The van der Waals surface area contributed by atoms with Crippen molar-refractivity contribution < 1.29 is 9.18 Å². The third-order valence-corrected chi connectivity index (χ3v) is 5.53. The second-order valence-corrected chi connectivity index (χ2v) is 7.62. The lowest BCUT2D eigenvalue weighted by molar-refractivity contribution is -0.125. The highest BCUT2D eigenvalue weighted by molar-refractivity contribution is 5.82. The zero-order valence-corrected chi connectivity index (χ0v) is 16.8. The van der Waals surface area contributed by atoms with Gasteiger partial charge in [0.05, 0.1) is 6.04 Å². The Labute approximate surface area is 176 Å². The number of hydrogen-bond donors (Lipinski definition) is 1. The average molecular weight is 404 g/mol. The van der Waals surface area contributed by atoms with Crippen LogP contribution in [0.2, 0.25) is 0 Å². The first-order valence-electron chi connectivity index (χ1n) is 10.3. The standard InChI is InChI=1S/C24H25FN4O/c25-22-9-5-18(6-10-22)11-12-28-24(30)23-2-1-13-29(23)16-19-3-7-20(8-4-19)21-14-26-17-27-15-21/h3-10,14-15,17,23H,1-2,11-13,16H2,(H,28,30). The lowest BCUT2D eigenvalue weighted by Gasteiger charge is -2.24. The van der Waals surface area contributed by atoms with Crippen molar-refractivity contribution in [3.63, 3.8) is 0 Å². The summed E-state index contributed by atoms with van der Waals surface area (Å²) in [6.45, 7) is 2.23. The summed E-state index contributed by atoms with van der Waals surface area (Å²) in [6, 6.07) is 14.7. The molecule has 5 nitrogen and oxygen atoms in total. The molecule has 1 fully saturated rings. The van der Waals surface area contributed by atoms with Gasteiger partial charge < -0.3 is 5.32 Å². The smallest absolute Gasteiger partial charge is 0.237 e. The lowest BCUT2D eigenvalue weighted by Crippen LogP contribution is -2.43. The first-order chi connectivity index (χ1) is 14.7. The van der Waals surface area contributed by atoms with Gasteiger partial charge in [-0.25, -0.2) is 14.4 Å². The van der Waals surface area contributed by atoms with Gasteiger partial charge >= 0.3 is 0 Å². The van der Waals surface area contributed by atoms with E-state index in [9.17, 15) is 9.18 Å². The van der Waals surface area contributed by atoms with E-state index in [2.05, 4.69) is 44.5 Å². The van der Waals surface area contributed by atoms with E-state index in [-0.39, 0.29) is 17.8 Å². The van der Waals surface area contributed by atoms with E-state index in [1.165, 1.54) is 24.0 Å². The van der Waals surface area contributed by atoms with Crippen molar-refractivity contribution in [1.29, 1.82) is 0 Å². The molecule has 0 radical (unpaired) electrons. The van der Waals surface area contributed by atoms with E-state index in [1.807, 2.05) is 0 Å². The molecule has 1 aromatic heterocycles. The monoisotopic (exact) mass is 404 g/mol. The molecule has 0 spiro atoms. The molecule has 1 saturated heterocycles. The molecule has 1 amide bonds. The second-order valence-electron chi connectivity index (χ2n) is 7.62. The summed E-state index contributed by atoms with van der Waals surface area (Å²) in [7, 11) is 0. The molecule has 30 heavy (non-hydrogen) atoms. The third-order valence-electron chi connectivity index (χ3n) is 5.53. The van der Waals surface area contributed by atoms with Gasteiger partial charge in [-0.2, -0.15) is 0 Å². The van der Waals surface area contributed by atoms with Gasteiger partial charge in [0.25, 0.3) is 0 Å². The van der Waals surface area contributed by atoms with E-state index in [0.717, 1.165) is 42.6 Å². The number of amides is 1. The van der Waals surface area contributed by atoms with Gasteiger partial charge in [-0.3, -0.25) is 9.69 Å². The fourth-order valence-electron chi connectivity index (χ4n) is 3.90. The van der Waals surface area contributed by atoms with Crippen LogP contribution in [0.3, 0.4) is 0 Å². The Morgan fingerprint density at radius 2 is 1.70 bits per heavy atom. The van der Waals surface area contributed by atoms with E-state index < -0.39 is 0 Å². The fraction of sp³-hybridized carbons (Fsp3) is 0.292. The van der Waals surface area contributed by atoms with Crippen LogP contribution in [0, 0.1) is 5.82 Å². The van der Waals surface area contributed by atoms with Gasteiger partial charge in [-0.15, -0.1) is 0 Å². The largest absolute Gasteiger partial charge is 0.354 e. The zero-order chi connectivity index (χ0) is 20.8. The molecule has 1 aliphatic rings. The number of aromatic nitrogens is 2. The van der Waals surface area contributed by atoms with Crippen molar-refractivity contribution >= 4 is 5.91 Å². The highest BCUT2D eigenvalue weighted by Crippen LogP contribution is 2.22. The summed E-state index contributed by atoms with van der Waals surface area (Å²) in [5, 5.41) is 3.05. The second kappa shape index (κ2) is 9.59. The van der Waals surface area contributed by atoms with Crippen molar-refractivity contribution in [2.75, 3.05) is 13.1 Å². The molecule has 1 atom stereocenters. The van der Waals surface area contributed by atoms with E-state index in [1.54, 1.807) is 24.5 Å². The minimum Gasteiger partial charge on any atom is -0.354 e. The summed E-state index contributed by atoms with van der Waals surface area (Å²) in [6.07, 6.45) is 7.72. The van der Waals surface area contributed by atoms with Crippen LogP contribution in [-0.4, -0.2) is 39.9 Å². The molecular weight excluding hydrogens is 379 g/mol. The predicted octanol–water partition coefficient (Wildman–Crippen LogP) is 3.61. The Bertz CT molecular complexity index is 961. The Morgan fingerprint density at radius 1 is 1.00 bits per heavy atom. The van der Waals surface area contributed by atoms with E-state index in [4.69, 9.17) is 0 Å². The summed E-state index contributed by atoms with van der Waals surface area (Å²) in [5.41, 5.74) is 4.27.